The molecule has 0 atom stereocenters. The summed E-state index contributed by atoms with van der Waals surface area (Å²) in [5, 5.41) is 22.7. The minimum absolute atomic E-state index is 0.0547. The van der Waals surface area contributed by atoms with Gasteiger partial charge in [-0.2, -0.15) is 13.2 Å². The van der Waals surface area contributed by atoms with Gasteiger partial charge in [0.15, 0.2) is 0 Å². The summed E-state index contributed by atoms with van der Waals surface area (Å²) in [5.74, 6) is -0.518. The van der Waals surface area contributed by atoms with Crippen LogP contribution in [0.15, 0.2) is 47.8 Å². The van der Waals surface area contributed by atoms with Crippen LogP contribution in [0.25, 0.3) is 21.8 Å². The number of nitro groups is 1. The zero-order chi connectivity index (χ0) is 18.2. The van der Waals surface area contributed by atoms with E-state index < -0.39 is 22.4 Å². The third-order valence-electron chi connectivity index (χ3n) is 3.43. The van der Waals surface area contributed by atoms with E-state index in [1.165, 1.54) is 35.6 Å². The van der Waals surface area contributed by atoms with E-state index in [-0.39, 0.29) is 11.3 Å². The largest absolute Gasteiger partial charge is 0.507 e. The van der Waals surface area contributed by atoms with Gasteiger partial charge < -0.3 is 5.11 Å². The summed E-state index contributed by atoms with van der Waals surface area (Å²) in [6, 6.07) is 8.44. The van der Waals surface area contributed by atoms with E-state index in [4.69, 9.17) is 0 Å². The molecule has 0 fully saturated rings. The Hall–Kier alpha value is -2.94. The van der Waals surface area contributed by atoms with Crippen molar-refractivity contribution in [2.75, 3.05) is 0 Å². The standard InChI is InChI=1S/C16H9F3N2O3S/c17-16(18,19)10-3-6-12(14(22)7-10)13-8-25-15(20-13)9-1-4-11(5-2-9)21(23)24/h1-8,22H. The van der Waals surface area contributed by atoms with Crippen LogP contribution in [0.1, 0.15) is 5.56 Å². The zero-order valence-electron chi connectivity index (χ0n) is 12.3. The molecule has 0 saturated carbocycles. The van der Waals surface area contributed by atoms with E-state index in [2.05, 4.69) is 4.98 Å². The number of phenols is 1. The smallest absolute Gasteiger partial charge is 0.416 e. The summed E-state index contributed by atoms with van der Waals surface area (Å²) < 4.78 is 37.9. The minimum Gasteiger partial charge on any atom is -0.507 e. The highest BCUT2D eigenvalue weighted by molar-refractivity contribution is 7.13. The van der Waals surface area contributed by atoms with Gasteiger partial charge in [-0.05, 0) is 30.3 Å². The number of aromatic hydroxyl groups is 1. The monoisotopic (exact) mass is 366 g/mol. The molecule has 0 spiro atoms. The predicted octanol–water partition coefficient (Wildman–Crippen LogP) is 5.11. The predicted molar refractivity (Wildman–Crippen MR) is 86.3 cm³/mol. The first-order valence-corrected chi connectivity index (χ1v) is 7.74. The van der Waals surface area contributed by atoms with Gasteiger partial charge in [-0.25, -0.2) is 4.98 Å². The first-order valence-electron chi connectivity index (χ1n) is 6.86. The average Bonchev–Trinajstić information content (AvgIpc) is 3.03. The molecule has 1 N–H and O–H groups in total. The Bertz CT molecular complexity index is 937. The fraction of sp³-hybridized carbons (Fsp3) is 0.0625. The topological polar surface area (TPSA) is 76.3 Å². The van der Waals surface area contributed by atoms with Gasteiger partial charge in [0.25, 0.3) is 5.69 Å². The molecule has 1 aromatic heterocycles. The van der Waals surface area contributed by atoms with E-state index in [0.717, 1.165) is 12.1 Å². The number of benzene rings is 2. The number of hydrogen-bond donors (Lipinski definition) is 1. The lowest BCUT2D eigenvalue weighted by Crippen LogP contribution is -2.04. The van der Waals surface area contributed by atoms with Crippen molar-refractivity contribution < 1.29 is 23.2 Å². The third-order valence-corrected chi connectivity index (χ3v) is 4.32. The quantitative estimate of drug-likeness (QED) is 0.516. The van der Waals surface area contributed by atoms with E-state index >= 15 is 0 Å². The van der Waals surface area contributed by atoms with E-state index in [1.807, 2.05) is 0 Å². The number of rotatable bonds is 3. The second-order valence-electron chi connectivity index (χ2n) is 5.07. The Balaban J connectivity index is 1.92. The molecule has 3 aromatic rings. The molecular formula is C16H9F3N2O3S. The van der Waals surface area contributed by atoms with Crippen LogP contribution in [0, 0.1) is 10.1 Å². The van der Waals surface area contributed by atoms with Crippen molar-refractivity contribution in [3.63, 3.8) is 0 Å². The summed E-state index contributed by atoms with van der Waals surface area (Å²) in [5.41, 5.74) is 0.135. The van der Waals surface area contributed by atoms with Crippen LogP contribution in [0.4, 0.5) is 18.9 Å². The summed E-state index contributed by atoms with van der Waals surface area (Å²) in [6.07, 6.45) is -4.54. The normalized spacial score (nSPS) is 11.5. The maximum Gasteiger partial charge on any atom is 0.416 e. The second-order valence-corrected chi connectivity index (χ2v) is 5.93. The fourth-order valence-corrected chi connectivity index (χ4v) is 3.01. The van der Waals surface area contributed by atoms with Crippen molar-refractivity contribution in [2.24, 2.45) is 0 Å². The molecule has 1 heterocycles. The Morgan fingerprint density at radius 3 is 2.36 bits per heavy atom. The van der Waals surface area contributed by atoms with Gasteiger partial charge in [0, 0.05) is 28.6 Å². The lowest BCUT2D eigenvalue weighted by Gasteiger charge is -2.08. The SMILES string of the molecule is O=[N+]([O-])c1ccc(-c2nc(-c3ccc(C(F)(F)F)cc3O)cs2)cc1. The molecule has 0 radical (unpaired) electrons. The highest BCUT2D eigenvalue weighted by Gasteiger charge is 2.31. The molecule has 0 aliphatic heterocycles. The minimum atomic E-state index is -4.54. The van der Waals surface area contributed by atoms with Crippen LogP contribution in [0.5, 0.6) is 5.75 Å². The van der Waals surface area contributed by atoms with Crippen molar-refractivity contribution in [1.82, 2.24) is 4.98 Å². The number of nitrogens with zero attached hydrogens (tertiary/aromatic N) is 2. The van der Waals surface area contributed by atoms with Crippen molar-refractivity contribution >= 4 is 17.0 Å². The van der Waals surface area contributed by atoms with Crippen molar-refractivity contribution in [3.05, 3.63) is 63.5 Å². The van der Waals surface area contributed by atoms with Gasteiger partial charge in [0.05, 0.1) is 16.2 Å². The Morgan fingerprint density at radius 1 is 1.12 bits per heavy atom. The van der Waals surface area contributed by atoms with Gasteiger partial charge in [0.2, 0.25) is 0 Å². The first kappa shape index (κ1) is 16.9. The van der Waals surface area contributed by atoms with Gasteiger partial charge in [0.1, 0.15) is 10.8 Å². The van der Waals surface area contributed by atoms with Crippen LogP contribution in [0.3, 0.4) is 0 Å². The molecule has 2 aromatic carbocycles. The molecule has 0 amide bonds. The number of non-ortho nitro benzene ring substituents is 1. The maximum absolute atomic E-state index is 12.6. The molecule has 9 heteroatoms. The number of thiazole rings is 1. The molecule has 5 nitrogen and oxygen atoms in total. The van der Waals surface area contributed by atoms with E-state index in [1.54, 1.807) is 5.38 Å². The number of aromatic nitrogens is 1. The maximum atomic E-state index is 12.6. The van der Waals surface area contributed by atoms with Crippen LogP contribution in [-0.2, 0) is 6.18 Å². The molecule has 0 unspecified atom stereocenters. The van der Waals surface area contributed by atoms with Gasteiger partial charge in [-0.1, -0.05) is 0 Å². The Morgan fingerprint density at radius 2 is 1.80 bits per heavy atom. The number of halogens is 3. The summed E-state index contributed by atoms with van der Waals surface area (Å²) in [6.45, 7) is 0. The lowest BCUT2D eigenvalue weighted by atomic mass is 10.1. The highest BCUT2D eigenvalue weighted by Crippen LogP contribution is 2.38. The Kier molecular flexibility index (Phi) is 4.17. The highest BCUT2D eigenvalue weighted by atomic mass is 32.1. The van der Waals surface area contributed by atoms with E-state index in [0.29, 0.717) is 22.3 Å². The molecular weight excluding hydrogens is 357 g/mol. The third kappa shape index (κ3) is 3.45. The van der Waals surface area contributed by atoms with Crippen LogP contribution in [-0.4, -0.2) is 15.0 Å². The first-order chi connectivity index (χ1) is 11.8. The van der Waals surface area contributed by atoms with Crippen molar-refractivity contribution in [3.8, 4) is 27.6 Å². The molecule has 25 heavy (non-hydrogen) atoms. The van der Waals surface area contributed by atoms with Gasteiger partial charge >= 0.3 is 6.18 Å². The molecule has 3 rings (SSSR count). The summed E-state index contributed by atoms with van der Waals surface area (Å²) in [7, 11) is 0. The molecule has 0 bridgehead atoms. The number of hydrogen-bond acceptors (Lipinski definition) is 5. The fourth-order valence-electron chi connectivity index (χ4n) is 2.18. The van der Waals surface area contributed by atoms with Crippen LogP contribution in [0.2, 0.25) is 0 Å². The van der Waals surface area contributed by atoms with E-state index in [9.17, 15) is 28.4 Å². The number of phenolic OH excluding ortho intramolecular Hbond substituents is 1. The average molecular weight is 366 g/mol. The van der Waals surface area contributed by atoms with Gasteiger partial charge in [-0.3, -0.25) is 10.1 Å². The zero-order valence-corrected chi connectivity index (χ0v) is 13.1. The second kappa shape index (κ2) is 6.17. The van der Waals surface area contributed by atoms with Crippen molar-refractivity contribution in [2.45, 2.75) is 6.18 Å². The van der Waals surface area contributed by atoms with Crippen LogP contribution >= 0.6 is 11.3 Å². The number of nitro benzene ring substituents is 1. The molecule has 0 saturated heterocycles. The number of alkyl halides is 3. The van der Waals surface area contributed by atoms with Crippen molar-refractivity contribution in [1.29, 1.82) is 0 Å². The molecule has 0 aliphatic carbocycles. The summed E-state index contributed by atoms with van der Waals surface area (Å²) in [4.78, 5) is 14.4. The molecule has 0 aliphatic rings. The lowest BCUT2D eigenvalue weighted by molar-refractivity contribution is -0.384. The summed E-state index contributed by atoms with van der Waals surface area (Å²) >= 11 is 1.22. The molecule has 128 valence electrons. The Labute approximate surface area is 143 Å². The van der Waals surface area contributed by atoms with Crippen LogP contribution < -0.4 is 0 Å². The van der Waals surface area contributed by atoms with Gasteiger partial charge in [-0.15, -0.1) is 11.3 Å².